The Morgan fingerprint density at radius 2 is 1.04 bits per heavy atom. The van der Waals surface area contributed by atoms with Crippen LogP contribution in [0.1, 0.15) is 6.42 Å². The highest BCUT2D eigenvalue weighted by Gasteiger charge is 2.50. The Morgan fingerprint density at radius 1 is 0.627 bits per heavy atom. The average Bonchev–Trinajstić information content (AvgIpc) is 3.26. The Labute approximate surface area is 307 Å². The predicted molar refractivity (Wildman–Crippen MR) is 194 cm³/mol. The second-order valence-electron chi connectivity index (χ2n) is 11.4. The molecule has 274 valence electrons. The molecule has 0 saturated carbocycles. The number of halogens is 2. The molecular formula is C33H36Cl2N4O10S2. The third-order valence-corrected chi connectivity index (χ3v) is 9.70. The number of hydrogen-bond donors (Lipinski definition) is 0. The number of hydrogen-bond acceptors (Lipinski definition) is 14. The first-order valence-electron chi connectivity index (χ1n) is 15.2. The minimum Gasteiger partial charge on any atom is -0.495 e. The van der Waals surface area contributed by atoms with Crippen LogP contribution >= 0.6 is 23.2 Å². The highest BCUT2D eigenvalue weighted by molar-refractivity contribution is 7.86. The van der Waals surface area contributed by atoms with E-state index in [1.807, 2.05) is 0 Å². The third-order valence-electron chi connectivity index (χ3n) is 7.83. The molecule has 0 bridgehead atoms. The van der Waals surface area contributed by atoms with Crippen LogP contribution in [0, 0.1) is 0 Å². The van der Waals surface area contributed by atoms with Crippen molar-refractivity contribution in [2.45, 2.75) is 12.3 Å². The second-order valence-corrected chi connectivity index (χ2v) is 15.3. The van der Waals surface area contributed by atoms with Gasteiger partial charge in [-0.2, -0.15) is 16.8 Å². The molecule has 3 heterocycles. The molecule has 1 aliphatic rings. The molecule has 18 heteroatoms. The van der Waals surface area contributed by atoms with E-state index in [-0.39, 0.29) is 12.4 Å². The number of benzene rings is 2. The number of anilines is 2. The summed E-state index contributed by atoms with van der Waals surface area (Å²) in [5.41, 5.74) is 2.73. The monoisotopic (exact) mass is 782 g/mol. The normalized spacial score (nSPS) is 14.9. The van der Waals surface area contributed by atoms with Crippen molar-refractivity contribution in [2.24, 2.45) is 0 Å². The van der Waals surface area contributed by atoms with Gasteiger partial charge >= 0.3 is 5.91 Å². The lowest BCUT2D eigenvalue weighted by molar-refractivity contribution is -0.0948. The first-order chi connectivity index (χ1) is 24.1. The molecule has 2 aromatic carbocycles. The summed E-state index contributed by atoms with van der Waals surface area (Å²) in [7, 11) is -2.70. The highest BCUT2D eigenvalue weighted by atomic mass is 35.5. The Balaban J connectivity index is 1.54. The summed E-state index contributed by atoms with van der Waals surface area (Å²) in [5, 5.41) is 0.628. The van der Waals surface area contributed by atoms with E-state index in [2.05, 4.69) is 9.97 Å². The topological polar surface area (TPSA) is 156 Å². The van der Waals surface area contributed by atoms with Crippen molar-refractivity contribution in [1.29, 1.82) is 0 Å². The van der Waals surface area contributed by atoms with E-state index >= 15 is 0 Å². The largest absolute Gasteiger partial charge is 0.495 e. The number of methoxy groups -OCH3 is 4. The number of pyridine rings is 2. The number of aromatic nitrogens is 2. The summed E-state index contributed by atoms with van der Waals surface area (Å²) in [6.45, 7) is 0.0336. The van der Waals surface area contributed by atoms with E-state index in [1.165, 1.54) is 39.5 Å². The third kappa shape index (κ3) is 8.71. The molecule has 2 aromatic heterocycles. The minimum absolute atomic E-state index is 0.0962. The van der Waals surface area contributed by atoms with Gasteiger partial charge in [-0.1, -0.05) is 23.2 Å². The van der Waals surface area contributed by atoms with Gasteiger partial charge < -0.3 is 28.7 Å². The molecule has 51 heavy (non-hydrogen) atoms. The van der Waals surface area contributed by atoms with E-state index in [0.29, 0.717) is 68.5 Å². The molecule has 0 amide bonds. The maximum atomic E-state index is 12.8. The van der Waals surface area contributed by atoms with Gasteiger partial charge in [0.25, 0.3) is 20.2 Å². The molecule has 4 aromatic rings. The lowest BCUT2D eigenvalue weighted by Crippen LogP contribution is -2.60. The average molecular weight is 784 g/mol. The van der Waals surface area contributed by atoms with Crippen LogP contribution in [0.3, 0.4) is 0 Å². The summed E-state index contributed by atoms with van der Waals surface area (Å²) in [6, 6.07) is 13.8. The van der Waals surface area contributed by atoms with Gasteiger partial charge in [-0.3, -0.25) is 0 Å². The maximum absolute atomic E-state index is 12.8. The van der Waals surface area contributed by atoms with Crippen molar-refractivity contribution >= 4 is 55.1 Å². The molecule has 0 aliphatic carbocycles. The molecule has 0 spiro atoms. The standard InChI is InChI=1S/C33H36Cl2N4O10S2/c1-44-25-14-23(15-26(45-2)31(25)34)21-8-10-29(36-18-21)38-12-7-13-39(33(20-38,48-50(5,40)41)49-51(6,42)43)30-11-9-22(19-37-30)24-16-27(46-3)32(35)28(17-24)47-4/h8-11,14-19H,7,12-13,20H2,1-6H3. The minimum atomic E-state index is -4.33. The van der Waals surface area contributed by atoms with Gasteiger partial charge in [-0.15, -0.1) is 0 Å². The van der Waals surface area contributed by atoms with Crippen molar-refractivity contribution in [3.8, 4) is 45.3 Å². The molecule has 0 unspecified atom stereocenters. The van der Waals surface area contributed by atoms with Crippen LogP contribution in [0.4, 0.5) is 11.6 Å². The smallest absolute Gasteiger partial charge is 0.301 e. The summed E-state index contributed by atoms with van der Waals surface area (Å²) in [5.74, 6) is -0.208. The quantitative estimate of drug-likeness (QED) is 0.132. The Hall–Kier alpha value is -4.06. The molecular weight excluding hydrogens is 747 g/mol. The van der Waals surface area contributed by atoms with Gasteiger partial charge in [0.1, 0.15) is 44.7 Å². The first-order valence-corrected chi connectivity index (χ1v) is 19.6. The van der Waals surface area contributed by atoms with Crippen molar-refractivity contribution in [3.63, 3.8) is 0 Å². The Bertz CT molecular complexity index is 2020. The maximum Gasteiger partial charge on any atom is 0.301 e. The van der Waals surface area contributed by atoms with Crippen LogP contribution in [0.2, 0.25) is 10.0 Å². The molecule has 1 aliphatic heterocycles. The molecule has 0 atom stereocenters. The van der Waals surface area contributed by atoms with E-state index in [4.69, 9.17) is 50.5 Å². The van der Waals surface area contributed by atoms with Gasteiger partial charge in [0.15, 0.2) is 0 Å². The Kier molecular flexibility index (Phi) is 11.4. The van der Waals surface area contributed by atoms with Crippen molar-refractivity contribution in [2.75, 3.05) is 70.4 Å². The molecule has 1 saturated heterocycles. The van der Waals surface area contributed by atoms with Crippen molar-refractivity contribution in [3.05, 3.63) is 71.0 Å². The molecule has 0 radical (unpaired) electrons. The Morgan fingerprint density at radius 3 is 1.39 bits per heavy atom. The van der Waals surface area contributed by atoms with Crippen molar-refractivity contribution < 1.29 is 44.1 Å². The number of ether oxygens (including phenoxy) is 4. The van der Waals surface area contributed by atoms with Crippen LogP contribution in [0.5, 0.6) is 23.0 Å². The fraction of sp³-hybridized carbons (Fsp3) is 0.333. The summed E-state index contributed by atoms with van der Waals surface area (Å²) < 4.78 is 83.9. The van der Waals surface area contributed by atoms with Crippen LogP contribution < -0.4 is 28.7 Å². The molecule has 14 nitrogen and oxygen atoms in total. The van der Waals surface area contributed by atoms with Crippen molar-refractivity contribution in [1.82, 2.24) is 9.97 Å². The van der Waals surface area contributed by atoms with Crippen LogP contribution in [0.15, 0.2) is 60.9 Å². The molecule has 5 rings (SSSR count). The lowest BCUT2D eigenvalue weighted by atomic mass is 10.1. The summed E-state index contributed by atoms with van der Waals surface area (Å²) in [4.78, 5) is 12.3. The predicted octanol–water partition coefficient (Wildman–Crippen LogP) is 5.47. The number of nitrogens with zero attached hydrogens (tertiary/aromatic N) is 4. The van der Waals surface area contributed by atoms with Gasteiger partial charge in [-0.25, -0.2) is 18.3 Å². The first kappa shape index (κ1) is 38.2. The van der Waals surface area contributed by atoms with Gasteiger partial charge in [0, 0.05) is 36.6 Å². The summed E-state index contributed by atoms with van der Waals surface area (Å²) in [6.07, 6.45) is 5.18. The fourth-order valence-corrected chi connectivity index (χ4v) is 7.51. The lowest BCUT2D eigenvalue weighted by Gasteiger charge is -2.41. The van der Waals surface area contributed by atoms with E-state index in [1.54, 1.807) is 59.6 Å². The number of rotatable bonds is 12. The second kappa shape index (κ2) is 15.3. The van der Waals surface area contributed by atoms with E-state index in [0.717, 1.165) is 18.1 Å². The molecule has 1 fully saturated rings. The van der Waals surface area contributed by atoms with Crippen LogP contribution in [-0.4, -0.2) is 93.3 Å². The van der Waals surface area contributed by atoms with Crippen LogP contribution in [-0.2, 0) is 28.6 Å². The van der Waals surface area contributed by atoms with Gasteiger partial charge in [-0.05, 0) is 66.1 Å². The van der Waals surface area contributed by atoms with E-state index < -0.39 is 32.7 Å². The SMILES string of the molecule is COc1cc(-c2ccc(N3CCCN(c4ccc(-c5cc(OC)c(Cl)c(OC)c5)cn4)C(OS(C)(=O)=O)(OS(C)(=O)=O)C3)nc2)cc(OC)c1Cl. The van der Waals surface area contributed by atoms with E-state index in [9.17, 15) is 16.8 Å². The fourth-order valence-electron chi connectivity index (χ4n) is 5.64. The summed E-state index contributed by atoms with van der Waals surface area (Å²) >= 11 is 12.7. The van der Waals surface area contributed by atoms with Crippen LogP contribution in [0.25, 0.3) is 22.3 Å². The zero-order valence-corrected chi connectivity index (χ0v) is 31.7. The highest BCUT2D eigenvalue weighted by Crippen LogP contribution is 2.41. The zero-order chi connectivity index (χ0) is 37.1. The zero-order valence-electron chi connectivity index (χ0n) is 28.5. The molecule has 0 N–H and O–H groups in total. The van der Waals surface area contributed by atoms with Gasteiger partial charge in [0.2, 0.25) is 0 Å². The van der Waals surface area contributed by atoms with Gasteiger partial charge in [0.05, 0.1) is 47.5 Å².